The van der Waals surface area contributed by atoms with Gasteiger partial charge < -0.3 is 5.73 Å². The lowest BCUT2D eigenvalue weighted by atomic mass is 10.1. The number of unbranched alkanes of at least 4 members (excludes halogenated alkanes) is 1. The second-order valence-corrected chi connectivity index (χ2v) is 5.74. The summed E-state index contributed by atoms with van der Waals surface area (Å²) < 4.78 is 0. The maximum atomic E-state index is 11.4. The summed E-state index contributed by atoms with van der Waals surface area (Å²) in [4.78, 5) is 11.4. The Bertz CT molecular complexity index is 195. The van der Waals surface area contributed by atoms with Gasteiger partial charge in [-0.2, -0.15) is 0 Å². The summed E-state index contributed by atoms with van der Waals surface area (Å²) in [6.07, 6.45) is 4.93. The van der Waals surface area contributed by atoms with E-state index in [0.717, 1.165) is 19.3 Å². The van der Waals surface area contributed by atoms with Crippen LogP contribution in [0.4, 0.5) is 0 Å². The number of thioether (sulfide) groups is 1. The zero-order chi connectivity index (χ0) is 11.9. The van der Waals surface area contributed by atoms with E-state index in [4.69, 9.17) is 5.73 Å². The third-order valence-corrected chi connectivity index (χ3v) is 3.61. The molecule has 0 saturated carbocycles. The van der Waals surface area contributed by atoms with Gasteiger partial charge in [-0.25, -0.2) is 0 Å². The Kier molecular flexibility index (Phi) is 7.22. The zero-order valence-electron chi connectivity index (χ0n) is 10.3. The second-order valence-electron chi connectivity index (χ2n) is 4.31. The highest BCUT2D eigenvalue weighted by Crippen LogP contribution is 2.19. The smallest absolute Gasteiger partial charge is 0.146 e. The quantitative estimate of drug-likeness (QED) is 0.494. The van der Waals surface area contributed by atoms with Crippen LogP contribution in [0.5, 0.6) is 0 Å². The van der Waals surface area contributed by atoms with E-state index in [1.165, 1.54) is 0 Å². The molecule has 0 aliphatic carbocycles. The van der Waals surface area contributed by atoms with E-state index in [-0.39, 0.29) is 16.7 Å². The topological polar surface area (TPSA) is 55.1 Å². The first-order valence-electron chi connectivity index (χ1n) is 5.46. The van der Waals surface area contributed by atoms with Crippen molar-refractivity contribution in [2.24, 2.45) is 5.73 Å². The summed E-state index contributed by atoms with van der Waals surface area (Å²) in [6.45, 7) is 6.54. The van der Waals surface area contributed by atoms with Crippen molar-refractivity contribution in [1.29, 1.82) is 0 Å². The Labute approximate surface area is 97.6 Å². The highest BCUT2D eigenvalue weighted by atomic mass is 32.2. The number of carbonyl (C=O) groups is 1. The lowest BCUT2D eigenvalue weighted by molar-refractivity contribution is -0.119. The molecular weight excluding hydrogens is 208 g/mol. The lowest BCUT2D eigenvalue weighted by Gasteiger charge is -2.29. The van der Waals surface area contributed by atoms with Gasteiger partial charge in [0, 0.05) is 0 Å². The molecule has 15 heavy (non-hydrogen) atoms. The molecule has 0 aromatic rings. The van der Waals surface area contributed by atoms with Gasteiger partial charge in [0.2, 0.25) is 0 Å². The molecule has 0 spiro atoms. The molecule has 0 radical (unpaired) electrons. The standard InChI is InChI=1S/C11H24N2OS/c1-9(14)10(7-5-6-8-12)13-11(2,3)15-4/h10,13H,5-8,12H2,1-4H3/t10-/m0/s1. The van der Waals surface area contributed by atoms with E-state index in [1.54, 1.807) is 18.7 Å². The zero-order valence-corrected chi connectivity index (χ0v) is 11.1. The van der Waals surface area contributed by atoms with Crippen LogP contribution in [0.3, 0.4) is 0 Å². The third-order valence-electron chi connectivity index (χ3n) is 2.47. The van der Waals surface area contributed by atoms with Gasteiger partial charge in [0.25, 0.3) is 0 Å². The number of rotatable bonds is 8. The molecule has 0 amide bonds. The molecule has 0 fully saturated rings. The van der Waals surface area contributed by atoms with E-state index in [1.807, 2.05) is 6.26 Å². The van der Waals surface area contributed by atoms with Crippen molar-refractivity contribution in [2.75, 3.05) is 12.8 Å². The Morgan fingerprint density at radius 3 is 2.47 bits per heavy atom. The monoisotopic (exact) mass is 232 g/mol. The molecular formula is C11H24N2OS. The number of hydrogen-bond acceptors (Lipinski definition) is 4. The number of nitrogens with two attached hydrogens (primary N) is 1. The van der Waals surface area contributed by atoms with Crippen LogP contribution in [0.15, 0.2) is 0 Å². The second kappa shape index (κ2) is 7.25. The summed E-state index contributed by atoms with van der Waals surface area (Å²) in [5.74, 6) is 0.217. The van der Waals surface area contributed by atoms with Crippen molar-refractivity contribution >= 4 is 17.5 Å². The van der Waals surface area contributed by atoms with Crippen LogP contribution in [-0.2, 0) is 4.79 Å². The molecule has 0 heterocycles. The molecule has 1 atom stereocenters. The van der Waals surface area contributed by atoms with Crippen molar-refractivity contribution in [2.45, 2.75) is 50.9 Å². The predicted octanol–water partition coefficient (Wildman–Crippen LogP) is 1.76. The average molecular weight is 232 g/mol. The number of nitrogens with one attached hydrogen (secondary N) is 1. The summed E-state index contributed by atoms with van der Waals surface area (Å²) in [7, 11) is 0. The fraction of sp³-hybridized carbons (Fsp3) is 0.909. The minimum absolute atomic E-state index is 0.0287. The van der Waals surface area contributed by atoms with E-state index in [9.17, 15) is 4.79 Å². The average Bonchev–Trinajstić information content (AvgIpc) is 2.16. The molecule has 0 aliphatic heterocycles. The third kappa shape index (κ3) is 6.93. The molecule has 0 bridgehead atoms. The maximum Gasteiger partial charge on any atom is 0.146 e. The minimum atomic E-state index is -0.0426. The molecule has 0 aromatic carbocycles. The Balaban J connectivity index is 4.10. The van der Waals surface area contributed by atoms with Crippen LogP contribution in [-0.4, -0.2) is 29.5 Å². The normalized spacial score (nSPS) is 13.9. The summed E-state index contributed by atoms with van der Waals surface area (Å²) in [6, 6.07) is -0.0287. The molecule has 0 saturated heterocycles. The van der Waals surface area contributed by atoms with Gasteiger partial charge in [0.1, 0.15) is 5.78 Å². The van der Waals surface area contributed by atoms with Gasteiger partial charge in [-0.05, 0) is 46.4 Å². The van der Waals surface area contributed by atoms with Crippen molar-refractivity contribution in [3.8, 4) is 0 Å². The first kappa shape index (κ1) is 14.9. The molecule has 0 unspecified atom stereocenters. The van der Waals surface area contributed by atoms with Crippen molar-refractivity contribution in [3.05, 3.63) is 0 Å². The largest absolute Gasteiger partial charge is 0.330 e. The van der Waals surface area contributed by atoms with Crippen LogP contribution in [0.2, 0.25) is 0 Å². The number of hydrogen-bond donors (Lipinski definition) is 2. The molecule has 0 aromatic heterocycles. The van der Waals surface area contributed by atoms with E-state index in [0.29, 0.717) is 6.54 Å². The van der Waals surface area contributed by atoms with Crippen molar-refractivity contribution in [3.63, 3.8) is 0 Å². The first-order valence-corrected chi connectivity index (χ1v) is 6.69. The van der Waals surface area contributed by atoms with Gasteiger partial charge in [0.15, 0.2) is 0 Å². The summed E-state index contributed by atoms with van der Waals surface area (Å²) in [5.41, 5.74) is 5.43. The van der Waals surface area contributed by atoms with Crippen LogP contribution in [0.25, 0.3) is 0 Å². The number of Topliss-reactive ketones (excluding diaryl/α,β-unsaturated/α-hetero) is 1. The molecule has 3 N–H and O–H groups in total. The van der Waals surface area contributed by atoms with Crippen LogP contribution in [0, 0.1) is 0 Å². The molecule has 4 heteroatoms. The van der Waals surface area contributed by atoms with E-state index in [2.05, 4.69) is 19.2 Å². The van der Waals surface area contributed by atoms with Gasteiger partial charge in [0.05, 0.1) is 10.9 Å². The van der Waals surface area contributed by atoms with E-state index >= 15 is 0 Å². The van der Waals surface area contributed by atoms with Crippen molar-refractivity contribution in [1.82, 2.24) is 5.32 Å². The minimum Gasteiger partial charge on any atom is -0.330 e. The predicted molar refractivity (Wildman–Crippen MR) is 68.1 cm³/mol. The first-order chi connectivity index (χ1) is 6.93. The highest BCUT2D eigenvalue weighted by molar-refractivity contribution is 7.99. The van der Waals surface area contributed by atoms with Crippen LogP contribution < -0.4 is 11.1 Å². The van der Waals surface area contributed by atoms with Crippen LogP contribution >= 0.6 is 11.8 Å². The molecule has 0 rings (SSSR count). The summed E-state index contributed by atoms with van der Waals surface area (Å²) >= 11 is 1.72. The Morgan fingerprint density at radius 2 is 2.07 bits per heavy atom. The fourth-order valence-electron chi connectivity index (χ4n) is 1.35. The van der Waals surface area contributed by atoms with Crippen molar-refractivity contribution < 1.29 is 4.79 Å². The highest BCUT2D eigenvalue weighted by Gasteiger charge is 2.23. The lowest BCUT2D eigenvalue weighted by Crippen LogP contribution is -2.46. The van der Waals surface area contributed by atoms with Crippen LogP contribution in [0.1, 0.15) is 40.0 Å². The Hall–Kier alpha value is -0.0600. The molecule has 0 aliphatic rings. The molecule has 3 nitrogen and oxygen atoms in total. The maximum absolute atomic E-state index is 11.4. The summed E-state index contributed by atoms with van der Waals surface area (Å²) in [5, 5.41) is 3.37. The van der Waals surface area contributed by atoms with Gasteiger partial charge in [-0.15, -0.1) is 11.8 Å². The SMILES string of the molecule is CSC(C)(C)N[C@@H](CCCCN)C(C)=O. The molecule has 90 valence electrons. The van der Waals surface area contributed by atoms with Gasteiger partial charge >= 0.3 is 0 Å². The Morgan fingerprint density at radius 1 is 1.47 bits per heavy atom. The van der Waals surface area contributed by atoms with Gasteiger partial charge in [-0.3, -0.25) is 10.1 Å². The van der Waals surface area contributed by atoms with Gasteiger partial charge in [-0.1, -0.05) is 6.42 Å². The number of carbonyl (C=O) groups excluding carboxylic acids is 1. The van der Waals surface area contributed by atoms with E-state index < -0.39 is 0 Å². The number of ketones is 1. The fourth-order valence-corrected chi connectivity index (χ4v) is 1.61.